The van der Waals surface area contributed by atoms with Gasteiger partial charge in [0, 0.05) is 25.4 Å². The Bertz CT molecular complexity index is 460. The fourth-order valence-corrected chi connectivity index (χ4v) is 4.63. The lowest BCUT2D eigenvalue weighted by Crippen LogP contribution is -2.51. The van der Waals surface area contributed by atoms with E-state index in [1.165, 1.54) is 12.8 Å². The molecule has 0 bridgehead atoms. The van der Waals surface area contributed by atoms with E-state index in [1.54, 1.807) is 0 Å². The first kappa shape index (κ1) is 17.7. The van der Waals surface area contributed by atoms with Crippen LogP contribution in [0.15, 0.2) is 0 Å². The summed E-state index contributed by atoms with van der Waals surface area (Å²) in [4.78, 5) is 26.3. The van der Waals surface area contributed by atoms with Gasteiger partial charge in [-0.15, -0.1) is 0 Å². The topological polar surface area (TPSA) is 55.8 Å². The van der Waals surface area contributed by atoms with Crippen LogP contribution in [-0.4, -0.2) is 48.2 Å². The van der Waals surface area contributed by atoms with Crippen LogP contribution in [0.4, 0.5) is 0 Å². The molecule has 3 fully saturated rings. The van der Waals surface area contributed by atoms with Gasteiger partial charge in [0.15, 0.2) is 0 Å². The molecule has 2 heterocycles. The predicted octanol–water partition coefficient (Wildman–Crippen LogP) is 3.06. The Morgan fingerprint density at radius 1 is 1.17 bits per heavy atom. The molecule has 1 saturated carbocycles. The predicted molar refractivity (Wildman–Crippen MR) is 90.5 cm³/mol. The number of ether oxygens (including phenoxy) is 2. The number of carbonyl (C=O) groups excluding carboxylic acids is 2. The van der Waals surface area contributed by atoms with E-state index >= 15 is 0 Å². The van der Waals surface area contributed by atoms with Crippen molar-refractivity contribution in [3.63, 3.8) is 0 Å². The number of nitrogens with zero attached hydrogens (tertiary/aromatic N) is 1. The molecular weight excluding hydrogens is 306 g/mol. The van der Waals surface area contributed by atoms with Crippen molar-refractivity contribution in [2.45, 2.75) is 82.8 Å². The molecule has 0 aromatic carbocycles. The van der Waals surface area contributed by atoms with Crippen LogP contribution in [0.3, 0.4) is 0 Å². The van der Waals surface area contributed by atoms with E-state index in [9.17, 15) is 9.59 Å². The summed E-state index contributed by atoms with van der Waals surface area (Å²) in [5.74, 6) is 0.468. The highest BCUT2D eigenvalue weighted by molar-refractivity contribution is 5.79. The Morgan fingerprint density at radius 3 is 2.71 bits per heavy atom. The SMILES string of the molecule is CCOC(=O)CC[C@H]1CC[C@]2(CCCN(C(=O)C3CCCC3)C2)O1. The number of likely N-dealkylation sites (tertiary alicyclic amines) is 1. The quantitative estimate of drug-likeness (QED) is 0.724. The van der Waals surface area contributed by atoms with Crippen LogP contribution in [0.5, 0.6) is 0 Å². The number of hydrogen-bond donors (Lipinski definition) is 0. The summed E-state index contributed by atoms with van der Waals surface area (Å²) < 4.78 is 11.4. The third kappa shape index (κ3) is 4.11. The normalized spacial score (nSPS) is 30.9. The monoisotopic (exact) mass is 337 g/mol. The second-order valence-electron chi connectivity index (χ2n) is 7.65. The number of amides is 1. The van der Waals surface area contributed by atoms with Crippen molar-refractivity contribution in [2.75, 3.05) is 19.7 Å². The van der Waals surface area contributed by atoms with Crippen molar-refractivity contribution in [1.82, 2.24) is 4.90 Å². The second kappa shape index (κ2) is 7.85. The molecule has 2 aliphatic heterocycles. The molecule has 0 N–H and O–H groups in total. The Hall–Kier alpha value is -1.10. The van der Waals surface area contributed by atoms with Gasteiger partial charge in [-0.1, -0.05) is 12.8 Å². The molecule has 1 amide bonds. The first-order valence-corrected chi connectivity index (χ1v) is 9.74. The largest absolute Gasteiger partial charge is 0.466 e. The Kier molecular flexibility index (Phi) is 5.80. The summed E-state index contributed by atoms with van der Waals surface area (Å²) in [6, 6.07) is 0. The van der Waals surface area contributed by atoms with Crippen LogP contribution in [-0.2, 0) is 19.1 Å². The number of hydrogen-bond acceptors (Lipinski definition) is 4. The summed E-state index contributed by atoms with van der Waals surface area (Å²) in [6.07, 6.45) is 9.88. The van der Waals surface area contributed by atoms with E-state index in [0.29, 0.717) is 18.9 Å². The lowest BCUT2D eigenvalue weighted by Gasteiger charge is -2.41. The number of esters is 1. The maximum Gasteiger partial charge on any atom is 0.305 e. The molecule has 5 nitrogen and oxygen atoms in total. The van der Waals surface area contributed by atoms with Gasteiger partial charge in [-0.25, -0.2) is 0 Å². The van der Waals surface area contributed by atoms with Crippen molar-refractivity contribution < 1.29 is 19.1 Å². The molecule has 24 heavy (non-hydrogen) atoms. The average molecular weight is 337 g/mol. The van der Waals surface area contributed by atoms with Gasteiger partial charge in [0.2, 0.25) is 5.91 Å². The van der Waals surface area contributed by atoms with Crippen LogP contribution < -0.4 is 0 Å². The zero-order chi connectivity index (χ0) is 17.0. The van der Waals surface area contributed by atoms with E-state index in [-0.39, 0.29) is 23.6 Å². The van der Waals surface area contributed by atoms with Crippen LogP contribution in [0.1, 0.15) is 71.1 Å². The van der Waals surface area contributed by atoms with Crippen LogP contribution in [0, 0.1) is 5.92 Å². The molecule has 1 aliphatic carbocycles. The Labute approximate surface area is 145 Å². The third-order valence-electron chi connectivity index (χ3n) is 5.87. The zero-order valence-corrected chi connectivity index (χ0v) is 14.9. The molecule has 2 atom stereocenters. The minimum absolute atomic E-state index is 0.135. The zero-order valence-electron chi connectivity index (χ0n) is 14.9. The fraction of sp³-hybridized carbons (Fsp3) is 0.895. The third-order valence-corrected chi connectivity index (χ3v) is 5.87. The summed E-state index contributed by atoms with van der Waals surface area (Å²) in [6.45, 7) is 3.90. The second-order valence-corrected chi connectivity index (χ2v) is 7.65. The van der Waals surface area contributed by atoms with Crippen LogP contribution in [0.2, 0.25) is 0 Å². The van der Waals surface area contributed by atoms with Crippen LogP contribution >= 0.6 is 0 Å². The summed E-state index contributed by atoms with van der Waals surface area (Å²) in [5, 5.41) is 0. The van der Waals surface area contributed by atoms with E-state index in [4.69, 9.17) is 9.47 Å². The van der Waals surface area contributed by atoms with Crippen molar-refractivity contribution in [3.05, 3.63) is 0 Å². The standard InChI is InChI=1S/C19H31NO4/c1-2-23-17(21)9-8-16-10-12-19(24-16)11-5-13-20(14-19)18(22)15-6-3-4-7-15/h15-16H,2-14H2,1H3/t16-,19-/m0/s1. The van der Waals surface area contributed by atoms with E-state index in [1.807, 2.05) is 6.92 Å². The maximum absolute atomic E-state index is 12.7. The van der Waals surface area contributed by atoms with Gasteiger partial charge in [-0.05, 0) is 51.9 Å². The number of rotatable bonds is 5. The van der Waals surface area contributed by atoms with Gasteiger partial charge in [0.1, 0.15) is 0 Å². The minimum atomic E-state index is -0.161. The van der Waals surface area contributed by atoms with Crippen LogP contribution in [0.25, 0.3) is 0 Å². The molecule has 5 heteroatoms. The Morgan fingerprint density at radius 2 is 1.96 bits per heavy atom. The highest BCUT2D eigenvalue weighted by Crippen LogP contribution is 2.40. The molecule has 0 aromatic rings. The number of carbonyl (C=O) groups is 2. The summed E-state index contributed by atoms with van der Waals surface area (Å²) in [7, 11) is 0. The maximum atomic E-state index is 12.7. The fourth-order valence-electron chi connectivity index (χ4n) is 4.63. The molecule has 1 spiro atoms. The van der Waals surface area contributed by atoms with Crippen molar-refractivity contribution >= 4 is 11.9 Å². The number of piperidine rings is 1. The molecular formula is C19H31NO4. The van der Waals surface area contributed by atoms with Gasteiger partial charge in [0.05, 0.1) is 18.3 Å². The van der Waals surface area contributed by atoms with Gasteiger partial charge >= 0.3 is 5.97 Å². The molecule has 0 aromatic heterocycles. The smallest absolute Gasteiger partial charge is 0.305 e. The minimum Gasteiger partial charge on any atom is -0.466 e. The van der Waals surface area contributed by atoms with Gasteiger partial charge < -0.3 is 14.4 Å². The van der Waals surface area contributed by atoms with E-state index < -0.39 is 0 Å². The molecule has 3 aliphatic rings. The van der Waals surface area contributed by atoms with E-state index in [2.05, 4.69) is 4.90 Å². The molecule has 136 valence electrons. The molecule has 0 unspecified atom stereocenters. The average Bonchev–Trinajstić information content (AvgIpc) is 3.23. The molecule has 2 saturated heterocycles. The highest BCUT2D eigenvalue weighted by atomic mass is 16.5. The molecule has 0 radical (unpaired) electrons. The summed E-state index contributed by atoms with van der Waals surface area (Å²) >= 11 is 0. The Balaban J connectivity index is 1.50. The van der Waals surface area contributed by atoms with Crippen molar-refractivity contribution in [3.8, 4) is 0 Å². The lowest BCUT2D eigenvalue weighted by molar-refractivity contribution is -0.147. The van der Waals surface area contributed by atoms with Crippen molar-refractivity contribution in [1.29, 1.82) is 0 Å². The lowest BCUT2D eigenvalue weighted by atomic mass is 9.89. The van der Waals surface area contributed by atoms with Gasteiger partial charge in [-0.2, -0.15) is 0 Å². The van der Waals surface area contributed by atoms with Crippen molar-refractivity contribution in [2.24, 2.45) is 5.92 Å². The summed E-state index contributed by atoms with van der Waals surface area (Å²) in [5.41, 5.74) is -0.161. The first-order chi connectivity index (χ1) is 11.6. The highest BCUT2D eigenvalue weighted by Gasteiger charge is 2.45. The van der Waals surface area contributed by atoms with Gasteiger partial charge in [0.25, 0.3) is 0 Å². The molecule has 3 rings (SSSR count). The van der Waals surface area contributed by atoms with E-state index in [0.717, 1.165) is 58.0 Å². The first-order valence-electron chi connectivity index (χ1n) is 9.74. The van der Waals surface area contributed by atoms with Gasteiger partial charge in [-0.3, -0.25) is 9.59 Å².